The molecule has 1 aromatic heterocycles. The van der Waals surface area contributed by atoms with Crippen molar-refractivity contribution in [1.82, 2.24) is 20.1 Å². The summed E-state index contributed by atoms with van der Waals surface area (Å²) in [5, 5.41) is 9.83. The Balaban J connectivity index is 1.57. The first-order valence-electron chi connectivity index (χ1n) is 8.30. The SMILES string of the molecule is Cc1ccc(-c2n[nH]c(=S)n2CC(=O)NCCOc2ccccc2)cc1. The van der Waals surface area contributed by atoms with Crippen molar-refractivity contribution in [2.75, 3.05) is 13.2 Å². The molecule has 3 aromatic rings. The highest BCUT2D eigenvalue weighted by Crippen LogP contribution is 2.17. The van der Waals surface area contributed by atoms with Gasteiger partial charge >= 0.3 is 0 Å². The third-order valence-corrected chi connectivity index (χ3v) is 4.12. The number of benzene rings is 2. The molecule has 0 saturated carbocycles. The number of aromatic nitrogens is 3. The molecule has 1 heterocycles. The second-order valence-corrected chi connectivity index (χ2v) is 6.20. The number of para-hydroxylation sites is 1. The molecule has 0 aliphatic carbocycles. The van der Waals surface area contributed by atoms with Crippen LogP contribution in [0.5, 0.6) is 5.75 Å². The van der Waals surface area contributed by atoms with E-state index in [4.69, 9.17) is 17.0 Å². The van der Waals surface area contributed by atoms with Crippen LogP contribution in [0.25, 0.3) is 11.4 Å². The van der Waals surface area contributed by atoms with Crippen LogP contribution < -0.4 is 10.1 Å². The number of amides is 1. The second kappa shape index (κ2) is 8.44. The molecule has 1 amide bonds. The number of hydrogen-bond acceptors (Lipinski definition) is 4. The van der Waals surface area contributed by atoms with Gasteiger partial charge in [-0.15, -0.1) is 0 Å². The summed E-state index contributed by atoms with van der Waals surface area (Å²) in [6.07, 6.45) is 0. The van der Waals surface area contributed by atoms with Crippen LogP contribution >= 0.6 is 12.2 Å². The molecule has 0 bridgehead atoms. The van der Waals surface area contributed by atoms with Crippen molar-refractivity contribution in [3.63, 3.8) is 0 Å². The highest BCUT2D eigenvalue weighted by Gasteiger charge is 2.12. The summed E-state index contributed by atoms with van der Waals surface area (Å²) >= 11 is 5.26. The summed E-state index contributed by atoms with van der Waals surface area (Å²) in [6.45, 7) is 2.94. The molecule has 7 heteroatoms. The number of rotatable bonds is 7. The van der Waals surface area contributed by atoms with E-state index in [9.17, 15) is 4.79 Å². The highest BCUT2D eigenvalue weighted by atomic mass is 32.1. The Hall–Kier alpha value is -2.93. The number of aryl methyl sites for hydroxylation is 1. The van der Waals surface area contributed by atoms with Gasteiger partial charge in [0.2, 0.25) is 5.91 Å². The number of H-pyrrole nitrogens is 1. The number of aromatic amines is 1. The zero-order valence-electron chi connectivity index (χ0n) is 14.4. The summed E-state index contributed by atoms with van der Waals surface area (Å²) in [4.78, 5) is 12.2. The Bertz CT molecular complexity index is 917. The number of nitrogens with zero attached hydrogens (tertiary/aromatic N) is 2. The topological polar surface area (TPSA) is 71.9 Å². The molecular formula is C19H20N4O2S. The van der Waals surface area contributed by atoms with Crippen LogP contribution in [0.4, 0.5) is 0 Å². The molecule has 0 radical (unpaired) electrons. The van der Waals surface area contributed by atoms with Gasteiger partial charge in [-0.2, -0.15) is 5.10 Å². The highest BCUT2D eigenvalue weighted by molar-refractivity contribution is 7.71. The standard InChI is InChI=1S/C19H20N4O2S/c1-14-7-9-15(10-8-14)18-21-22-19(26)23(18)13-17(24)20-11-12-25-16-5-3-2-4-6-16/h2-10H,11-13H2,1H3,(H,20,24)(H,22,26). The zero-order chi connectivity index (χ0) is 18.4. The van der Waals surface area contributed by atoms with Gasteiger partial charge < -0.3 is 10.1 Å². The fourth-order valence-corrected chi connectivity index (χ4v) is 2.66. The Labute approximate surface area is 156 Å². The van der Waals surface area contributed by atoms with Crippen LogP contribution in [-0.2, 0) is 11.3 Å². The van der Waals surface area contributed by atoms with Crippen molar-refractivity contribution >= 4 is 18.1 Å². The summed E-state index contributed by atoms with van der Waals surface area (Å²) in [5.74, 6) is 1.28. The molecule has 0 aliphatic heterocycles. The van der Waals surface area contributed by atoms with Gasteiger partial charge in [-0.3, -0.25) is 14.5 Å². The van der Waals surface area contributed by atoms with E-state index in [1.807, 2.05) is 61.5 Å². The first kappa shape index (κ1) is 17.9. The number of hydrogen-bond donors (Lipinski definition) is 2. The minimum absolute atomic E-state index is 0.101. The summed E-state index contributed by atoms with van der Waals surface area (Å²) in [7, 11) is 0. The fourth-order valence-electron chi connectivity index (χ4n) is 2.46. The zero-order valence-corrected chi connectivity index (χ0v) is 15.3. The summed E-state index contributed by atoms with van der Waals surface area (Å²) < 4.78 is 7.66. The third-order valence-electron chi connectivity index (χ3n) is 3.81. The monoisotopic (exact) mass is 368 g/mol. The quantitative estimate of drug-likeness (QED) is 0.496. The van der Waals surface area contributed by atoms with Crippen molar-refractivity contribution in [2.24, 2.45) is 0 Å². The van der Waals surface area contributed by atoms with E-state index in [0.717, 1.165) is 16.9 Å². The van der Waals surface area contributed by atoms with Crippen molar-refractivity contribution in [2.45, 2.75) is 13.5 Å². The van der Waals surface area contributed by atoms with Crippen molar-refractivity contribution in [1.29, 1.82) is 0 Å². The normalized spacial score (nSPS) is 10.5. The van der Waals surface area contributed by atoms with Gasteiger partial charge in [0.1, 0.15) is 18.9 Å². The molecule has 0 atom stereocenters. The van der Waals surface area contributed by atoms with E-state index >= 15 is 0 Å². The predicted molar refractivity (Wildman–Crippen MR) is 103 cm³/mol. The molecule has 0 saturated heterocycles. The lowest BCUT2D eigenvalue weighted by Gasteiger charge is -2.09. The van der Waals surface area contributed by atoms with Gasteiger partial charge in [0.05, 0.1) is 6.54 Å². The molecule has 134 valence electrons. The van der Waals surface area contributed by atoms with Crippen LogP contribution in [-0.4, -0.2) is 33.8 Å². The van der Waals surface area contributed by atoms with Crippen molar-refractivity contribution < 1.29 is 9.53 Å². The van der Waals surface area contributed by atoms with Crippen molar-refractivity contribution in [3.05, 3.63) is 64.9 Å². The number of nitrogens with one attached hydrogen (secondary N) is 2. The number of carbonyl (C=O) groups excluding carboxylic acids is 1. The Kier molecular flexibility index (Phi) is 5.80. The van der Waals surface area contributed by atoms with E-state index in [-0.39, 0.29) is 12.5 Å². The number of carbonyl (C=O) groups is 1. The molecule has 2 N–H and O–H groups in total. The molecular weight excluding hydrogens is 348 g/mol. The predicted octanol–water partition coefficient (Wildman–Crippen LogP) is 3.11. The Morgan fingerprint density at radius 2 is 1.92 bits per heavy atom. The van der Waals surface area contributed by atoms with Gasteiger partial charge in [0, 0.05) is 5.56 Å². The maximum absolute atomic E-state index is 12.2. The van der Waals surface area contributed by atoms with Gasteiger partial charge in [-0.05, 0) is 31.3 Å². The van der Waals surface area contributed by atoms with Gasteiger partial charge in [0.15, 0.2) is 10.6 Å². The lowest BCUT2D eigenvalue weighted by molar-refractivity contribution is -0.121. The van der Waals surface area contributed by atoms with E-state index in [2.05, 4.69) is 15.5 Å². The van der Waals surface area contributed by atoms with Crippen molar-refractivity contribution in [3.8, 4) is 17.1 Å². The molecule has 6 nitrogen and oxygen atoms in total. The summed E-state index contributed by atoms with van der Waals surface area (Å²) in [6, 6.07) is 17.4. The molecule has 26 heavy (non-hydrogen) atoms. The van der Waals surface area contributed by atoms with Gasteiger partial charge in [-0.1, -0.05) is 48.0 Å². The van der Waals surface area contributed by atoms with Crippen LogP contribution in [0.15, 0.2) is 54.6 Å². The van der Waals surface area contributed by atoms with Crippen LogP contribution in [0.2, 0.25) is 0 Å². The average Bonchev–Trinajstić information content (AvgIpc) is 3.01. The summed E-state index contributed by atoms with van der Waals surface area (Å²) in [5.41, 5.74) is 2.06. The molecule has 0 fully saturated rings. The third kappa shape index (κ3) is 4.58. The first-order valence-corrected chi connectivity index (χ1v) is 8.71. The molecule has 0 spiro atoms. The molecule has 3 rings (SSSR count). The number of ether oxygens (including phenoxy) is 1. The van der Waals surface area contributed by atoms with E-state index in [0.29, 0.717) is 23.7 Å². The van der Waals surface area contributed by atoms with Crippen LogP contribution in [0, 0.1) is 11.7 Å². The maximum Gasteiger partial charge on any atom is 0.240 e. The van der Waals surface area contributed by atoms with E-state index in [1.54, 1.807) is 4.57 Å². The minimum atomic E-state index is -0.146. The first-order chi connectivity index (χ1) is 12.6. The minimum Gasteiger partial charge on any atom is -0.492 e. The van der Waals surface area contributed by atoms with Crippen LogP contribution in [0.3, 0.4) is 0 Å². The van der Waals surface area contributed by atoms with Crippen LogP contribution in [0.1, 0.15) is 5.56 Å². The van der Waals surface area contributed by atoms with E-state index < -0.39 is 0 Å². The Morgan fingerprint density at radius 1 is 1.19 bits per heavy atom. The fraction of sp³-hybridized carbons (Fsp3) is 0.211. The Morgan fingerprint density at radius 3 is 2.65 bits per heavy atom. The lowest BCUT2D eigenvalue weighted by atomic mass is 10.1. The second-order valence-electron chi connectivity index (χ2n) is 5.82. The van der Waals surface area contributed by atoms with E-state index in [1.165, 1.54) is 0 Å². The smallest absolute Gasteiger partial charge is 0.240 e. The molecule has 0 unspecified atom stereocenters. The largest absolute Gasteiger partial charge is 0.492 e. The molecule has 2 aromatic carbocycles. The van der Waals surface area contributed by atoms with Gasteiger partial charge in [-0.25, -0.2) is 0 Å². The average molecular weight is 368 g/mol. The molecule has 0 aliphatic rings. The maximum atomic E-state index is 12.2. The lowest BCUT2D eigenvalue weighted by Crippen LogP contribution is -2.31. The van der Waals surface area contributed by atoms with Gasteiger partial charge in [0.25, 0.3) is 0 Å².